The Morgan fingerprint density at radius 3 is 1.64 bits per heavy atom. The van der Waals surface area contributed by atoms with E-state index in [1.54, 1.807) is 0 Å². The minimum atomic E-state index is 0.741. The molecule has 3 rings (SSSR count). The van der Waals surface area contributed by atoms with Crippen molar-refractivity contribution in [1.29, 1.82) is 0 Å². The Hall–Kier alpha value is 0. The van der Waals surface area contributed by atoms with Crippen molar-refractivity contribution in [2.24, 2.45) is 17.3 Å². The van der Waals surface area contributed by atoms with Gasteiger partial charge in [-0.25, -0.2) is 0 Å². The van der Waals surface area contributed by atoms with Crippen molar-refractivity contribution in [3.63, 3.8) is 0 Å². The molecule has 0 nitrogen and oxygen atoms in total. The highest BCUT2D eigenvalue weighted by Crippen LogP contribution is 2.48. The zero-order valence-corrected chi connectivity index (χ0v) is 10.0. The summed E-state index contributed by atoms with van der Waals surface area (Å²) in [6.07, 6.45) is 13.7. The van der Waals surface area contributed by atoms with Crippen LogP contribution in [-0.2, 0) is 0 Å². The van der Waals surface area contributed by atoms with E-state index in [0.717, 1.165) is 17.3 Å². The number of hydrogen-bond acceptors (Lipinski definition) is 0. The lowest BCUT2D eigenvalue weighted by Crippen LogP contribution is -2.31. The highest BCUT2D eigenvalue weighted by Gasteiger charge is 2.35. The third-order valence-electron chi connectivity index (χ3n) is 5.09. The van der Waals surface area contributed by atoms with Crippen LogP contribution in [0, 0.1) is 17.3 Å². The van der Waals surface area contributed by atoms with Crippen LogP contribution in [0.1, 0.15) is 71.6 Å². The maximum absolute atomic E-state index is 2.46. The van der Waals surface area contributed by atoms with Crippen molar-refractivity contribution in [3.8, 4) is 0 Å². The quantitative estimate of drug-likeness (QED) is 0.563. The van der Waals surface area contributed by atoms with Crippen molar-refractivity contribution in [2.45, 2.75) is 71.6 Å². The Morgan fingerprint density at radius 2 is 1.29 bits per heavy atom. The summed E-state index contributed by atoms with van der Waals surface area (Å²) in [6, 6.07) is 0. The summed E-state index contributed by atoms with van der Waals surface area (Å²) in [4.78, 5) is 0. The molecule has 0 unspecified atom stereocenters. The van der Waals surface area contributed by atoms with E-state index >= 15 is 0 Å². The predicted octanol–water partition coefficient (Wildman–Crippen LogP) is 4.78. The first-order valence-corrected chi connectivity index (χ1v) is 6.73. The molecule has 3 saturated carbocycles. The summed E-state index contributed by atoms with van der Waals surface area (Å²) in [6.45, 7) is 4.92. The normalized spacial score (nSPS) is 39.2. The molecule has 0 N–H and O–H groups in total. The molecule has 0 saturated heterocycles. The van der Waals surface area contributed by atoms with Crippen molar-refractivity contribution >= 4 is 0 Å². The van der Waals surface area contributed by atoms with E-state index in [0.29, 0.717) is 0 Å². The Kier molecular flexibility index (Phi) is 3.19. The van der Waals surface area contributed by atoms with Gasteiger partial charge in [-0.2, -0.15) is 0 Å². The fourth-order valence-electron chi connectivity index (χ4n) is 3.90. The van der Waals surface area contributed by atoms with Crippen LogP contribution in [0.25, 0.3) is 0 Å². The minimum Gasteiger partial charge on any atom is -0.0622 e. The smallest absolute Gasteiger partial charge is 0.0274 e. The van der Waals surface area contributed by atoms with Gasteiger partial charge in [0.25, 0.3) is 0 Å². The third kappa shape index (κ3) is 1.99. The summed E-state index contributed by atoms with van der Waals surface area (Å²) in [7, 11) is 0. The van der Waals surface area contributed by atoms with Gasteiger partial charge in [0.1, 0.15) is 0 Å². The first-order valence-electron chi connectivity index (χ1n) is 6.73. The van der Waals surface area contributed by atoms with Gasteiger partial charge in [-0.05, 0) is 36.5 Å². The van der Waals surface area contributed by atoms with Crippen LogP contribution in [0.3, 0.4) is 0 Å². The van der Waals surface area contributed by atoms with Gasteiger partial charge in [0.2, 0.25) is 0 Å². The van der Waals surface area contributed by atoms with Gasteiger partial charge in [-0.1, -0.05) is 52.4 Å². The molecule has 82 valence electrons. The molecule has 3 aliphatic rings. The fraction of sp³-hybridized carbons (Fsp3) is 1.00. The van der Waals surface area contributed by atoms with E-state index < -0.39 is 0 Å². The van der Waals surface area contributed by atoms with Gasteiger partial charge in [-0.3, -0.25) is 0 Å². The van der Waals surface area contributed by atoms with Crippen LogP contribution in [0.15, 0.2) is 0 Å². The topological polar surface area (TPSA) is 0 Å². The molecule has 3 fully saturated rings. The maximum Gasteiger partial charge on any atom is -0.0274 e. The molecule has 0 heterocycles. The van der Waals surface area contributed by atoms with Crippen LogP contribution >= 0.6 is 0 Å². The number of fused-ring (bicyclic) bond motifs is 6. The summed E-state index contributed by atoms with van der Waals surface area (Å²) >= 11 is 0. The van der Waals surface area contributed by atoms with Crippen molar-refractivity contribution in [1.82, 2.24) is 0 Å². The SMILES string of the molecule is CC(C)C12CCCC(CCC1)CCC2. The van der Waals surface area contributed by atoms with Gasteiger partial charge in [-0.15, -0.1) is 0 Å². The zero-order chi connectivity index (χ0) is 10.0. The Bertz CT molecular complexity index is 154. The summed E-state index contributed by atoms with van der Waals surface area (Å²) in [5.74, 6) is 2.01. The monoisotopic (exact) mass is 194 g/mol. The van der Waals surface area contributed by atoms with Crippen LogP contribution in [0.4, 0.5) is 0 Å². The summed E-state index contributed by atoms with van der Waals surface area (Å²) in [5, 5.41) is 0. The molecule has 0 spiro atoms. The third-order valence-corrected chi connectivity index (χ3v) is 5.09. The molecule has 0 heteroatoms. The van der Waals surface area contributed by atoms with Gasteiger partial charge in [0, 0.05) is 0 Å². The fourth-order valence-corrected chi connectivity index (χ4v) is 3.90. The van der Waals surface area contributed by atoms with Crippen LogP contribution < -0.4 is 0 Å². The molecule has 3 aliphatic carbocycles. The second-order valence-electron chi connectivity index (χ2n) is 6.06. The van der Waals surface area contributed by atoms with E-state index in [-0.39, 0.29) is 0 Å². The molecule has 0 aromatic heterocycles. The van der Waals surface area contributed by atoms with Crippen molar-refractivity contribution in [2.75, 3.05) is 0 Å². The average Bonchev–Trinajstić information content (AvgIpc) is 1.99. The Morgan fingerprint density at radius 1 is 0.857 bits per heavy atom. The second-order valence-corrected chi connectivity index (χ2v) is 6.06. The van der Waals surface area contributed by atoms with E-state index in [9.17, 15) is 0 Å². The maximum atomic E-state index is 2.46. The highest BCUT2D eigenvalue weighted by molar-refractivity contribution is 4.87. The number of hydrogen-bond donors (Lipinski definition) is 0. The van der Waals surface area contributed by atoms with E-state index in [1.165, 1.54) is 57.8 Å². The molecular weight excluding hydrogens is 168 g/mol. The molecule has 0 aliphatic heterocycles. The molecule has 0 radical (unpaired) electrons. The van der Waals surface area contributed by atoms with Crippen LogP contribution in [-0.4, -0.2) is 0 Å². The highest BCUT2D eigenvalue weighted by atomic mass is 14.4. The van der Waals surface area contributed by atoms with Gasteiger partial charge in [0.05, 0.1) is 0 Å². The number of rotatable bonds is 1. The van der Waals surface area contributed by atoms with Crippen LogP contribution in [0.5, 0.6) is 0 Å². The summed E-state index contributed by atoms with van der Waals surface area (Å²) in [5.41, 5.74) is 0.741. The van der Waals surface area contributed by atoms with Gasteiger partial charge in [0.15, 0.2) is 0 Å². The molecular formula is C14H26. The van der Waals surface area contributed by atoms with Gasteiger partial charge >= 0.3 is 0 Å². The van der Waals surface area contributed by atoms with Crippen molar-refractivity contribution < 1.29 is 0 Å². The van der Waals surface area contributed by atoms with E-state index in [1.807, 2.05) is 0 Å². The standard InChI is InChI=1S/C14H26/c1-12(2)14-9-3-6-13(7-4-10-14)8-5-11-14/h12-13H,3-11H2,1-2H3. The largest absolute Gasteiger partial charge is 0.0622 e. The first-order chi connectivity index (χ1) is 6.73. The first kappa shape index (κ1) is 10.5. The molecule has 0 amide bonds. The lowest BCUT2D eigenvalue weighted by molar-refractivity contribution is 0.0849. The summed E-state index contributed by atoms with van der Waals surface area (Å²) < 4.78 is 0. The average molecular weight is 194 g/mol. The molecule has 0 atom stereocenters. The van der Waals surface area contributed by atoms with Crippen molar-refractivity contribution in [3.05, 3.63) is 0 Å². The predicted molar refractivity (Wildman–Crippen MR) is 62.3 cm³/mol. The Balaban J connectivity index is 2.12. The lowest BCUT2D eigenvalue weighted by atomic mass is 9.63. The van der Waals surface area contributed by atoms with E-state index in [2.05, 4.69) is 13.8 Å². The van der Waals surface area contributed by atoms with Crippen LogP contribution in [0.2, 0.25) is 0 Å². The molecule has 2 bridgehead atoms. The molecule has 0 aromatic rings. The Labute approximate surface area is 89.5 Å². The minimum absolute atomic E-state index is 0.741. The zero-order valence-electron chi connectivity index (χ0n) is 10.0. The van der Waals surface area contributed by atoms with Gasteiger partial charge < -0.3 is 0 Å². The lowest BCUT2D eigenvalue weighted by Gasteiger charge is -2.43. The van der Waals surface area contributed by atoms with E-state index in [4.69, 9.17) is 0 Å². The molecule has 14 heavy (non-hydrogen) atoms. The molecule has 0 aromatic carbocycles. The second kappa shape index (κ2) is 4.24.